The number of benzene rings is 1. The summed E-state index contributed by atoms with van der Waals surface area (Å²) in [6.45, 7) is 8.47. The fourth-order valence-electron chi connectivity index (χ4n) is 4.78. The van der Waals surface area contributed by atoms with Crippen molar-refractivity contribution in [2.45, 2.75) is 72.0 Å². The molecule has 0 aliphatic carbocycles. The van der Waals surface area contributed by atoms with Crippen molar-refractivity contribution in [3.63, 3.8) is 0 Å². The van der Waals surface area contributed by atoms with Gasteiger partial charge in [-0.2, -0.15) is 5.10 Å². The molecule has 1 aliphatic rings. The highest BCUT2D eigenvalue weighted by Crippen LogP contribution is 2.20. The van der Waals surface area contributed by atoms with Crippen LogP contribution in [0, 0.1) is 19.8 Å². The fraction of sp³-hybridized carbons (Fsp3) is 0.500. The molecule has 4 rings (SSSR count). The molecule has 11 nitrogen and oxygen atoms in total. The Balaban J connectivity index is 1.70. The molecule has 0 fully saturated rings. The number of hydrogen-bond acceptors (Lipinski definition) is 7. The topological polar surface area (TPSA) is 135 Å². The smallest absolute Gasteiger partial charge is 0.276 e. The minimum atomic E-state index is -0.698. The predicted octanol–water partition coefficient (Wildman–Crippen LogP) is 2.75. The summed E-state index contributed by atoms with van der Waals surface area (Å²) >= 11 is 0. The van der Waals surface area contributed by atoms with E-state index >= 15 is 0 Å². The third-order valence-corrected chi connectivity index (χ3v) is 7.18. The Labute approximate surface area is 228 Å². The Morgan fingerprint density at radius 3 is 2.59 bits per heavy atom. The van der Waals surface area contributed by atoms with Crippen molar-refractivity contribution in [2.75, 3.05) is 13.1 Å². The molecular formula is C28H37N7O4. The highest BCUT2D eigenvalue weighted by molar-refractivity contribution is 5.93. The van der Waals surface area contributed by atoms with Crippen LogP contribution in [0.2, 0.25) is 0 Å². The van der Waals surface area contributed by atoms with Crippen molar-refractivity contribution >= 4 is 17.7 Å². The lowest BCUT2D eigenvalue weighted by Gasteiger charge is -2.28. The third-order valence-electron chi connectivity index (χ3n) is 7.18. The zero-order valence-corrected chi connectivity index (χ0v) is 23.0. The lowest BCUT2D eigenvalue weighted by molar-refractivity contribution is -0.130. The summed E-state index contributed by atoms with van der Waals surface area (Å²) in [7, 11) is 0. The summed E-state index contributed by atoms with van der Waals surface area (Å²) in [5.41, 5.74) is 1.28. The number of rotatable bonds is 5. The van der Waals surface area contributed by atoms with E-state index in [4.69, 9.17) is 9.40 Å². The predicted molar refractivity (Wildman–Crippen MR) is 144 cm³/mol. The second-order valence-electron chi connectivity index (χ2n) is 10.1. The number of nitrogens with one attached hydrogen (secondary N) is 2. The number of oxazole rings is 1. The summed E-state index contributed by atoms with van der Waals surface area (Å²) in [5, 5.41) is 10.7. The van der Waals surface area contributed by atoms with E-state index in [2.05, 4.69) is 20.7 Å². The number of fused-ring (bicyclic) bond motifs is 1. The van der Waals surface area contributed by atoms with Gasteiger partial charge in [0.15, 0.2) is 12.1 Å². The van der Waals surface area contributed by atoms with Gasteiger partial charge in [0, 0.05) is 19.5 Å². The normalized spacial score (nSPS) is 19.9. The number of aromatic nitrogens is 4. The zero-order valence-electron chi connectivity index (χ0n) is 23.0. The van der Waals surface area contributed by atoms with E-state index < -0.39 is 12.1 Å². The van der Waals surface area contributed by atoms with Crippen LogP contribution in [0.1, 0.15) is 72.6 Å². The largest absolute Gasteiger partial charge is 0.448 e. The maximum atomic E-state index is 13.6. The van der Waals surface area contributed by atoms with E-state index in [0.29, 0.717) is 49.9 Å². The molecule has 0 spiro atoms. The highest BCUT2D eigenvalue weighted by Gasteiger charge is 2.31. The monoisotopic (exact) mass is 535 g/mol. The first-order valence-corrected chi connectivity index (χ1v) is 13.5. The average molecular weight is 536 g/mol. The van der Waals surface area contributed by atoms with Crippen molar-refractivity contribution in [3.05, 3.63) is 65.4 Å². The van der Waals surface area contributed by atoms with Gasteiger partial charge in [-0.15, -0.1) is 0 Å². The summed E-state index contributed by atoms with van der Waals surface area (Å²) < 4.78 is 7.02. The molecule has 0 unspecified atom stereocenters. The van der Waals surface area contributed by atoms with E-state index in [1.54, 1.807) is 23.4 Å². The van der Waals surface area contributed by atoms with Crippen LogP contribution < -0.4 is 10.6 Å². The quantitative estimate of drug-likeness (QED) is 0.513. The molecule has 208 valence electrons. The molecule has 3 atom stereocenters. The first-order valence-electron chi connectivity index (χ1n) is 13.5. The molecular weight excluding hydrogens is 498 g/mol. The number of carbonyl (C=O) groups excluding carboxylic acids is 3. The summed E-state index contributed by atoms with van der Waals surface area (Å²) in [4.78, 5) is 50.3. The van der Waals surface area contributed by atoms with Gasteiger partial charge in [0.25, 0.3) is 5.91 Å². The van der Waals surface area contributed by atoms with Crippen LogP contribution in [0.3, 0.4) is 0 Å². The van der Waals surface area contributed by atoms with Crippen molar-refractivity contribution in [2.24, 2.45) is 5.92 Å². The number of carbonyl (C=O) groups is 3. The van der Waals surface area contributed by atoms with E-state index in [1.165, 1.54) is 6.39 Å². The Morgan fingerprint density at radius 1 is 1.13 bits per heavy atom. The van der Waals surface area contributed by atoms with Crippen molar-refractivity contribution in [3.8, 4) is 0 Å². The molecule has 2 aromatic heterocycles. The van der Waals surface area contributed by atoms with Crippen molar-refractivity contribution < 1.29 is 18.8 Å². The molecule has 1 aromatic carbocycles. The Bertz CT molecular complexity index is 1290. The number of aryl methyl sites for hydroxylation is 2. The summed E-state index contributed by atoms with van der Waals surface area (Å²) in [6.07, 6.45) is 3.08. The second-order valence-corrected chi connectivity index (χ2v) is 10.1. The molecule has 0 saturated heterocycles. The molecule has 0 saturated carbocycles. The van der Waals surface area contributed by atoms with E-state index in [1.807, 2.05) is 44.2 Å². The first-order chi connectivity index (χ1) is 18.8. The zero-order chi connectivity index (χ0) is 27.9. The van der Waals surface area contributed by atoms with Gasteiger partial charge in [0.1, 0.15) is 23.5 Å². The minimum Gasteiger partial charge on any atom is -0.448 e. The Hall–Kier alpha value is -4.02. The van der Waals surface area contributed by atoms with Crippen LogP contribution in [0.25, 0.3) is 0 Å². The van der Waals surface area contributed by atoms with Gasteiger partial charge < -0.3 is 20.0 Å². The standard InChI is InChI=1S/C28H37N7O4/c1-5-18(2)24-27(37)31-22(16-21-10-7-6-8-11-21)26-30-20(4)33-35(26)15-14-34(13-9-12-23(36)32-24)28(38)25-19(3)39-17-29-25/h6-8,10-11,17-18,22,24H,5,9,12-16H2,1-4H3,(H,31,37)(H,32,36)/t18-,22-,24-/m0/s1. The molecule has 3 amide bonds. The molecule has 11 heteroatoms. The van der Waals surface area contributed by atoms with Gasteiger partial charge in [-0.05, 0) is 38.2 Å². The van der Waals surface area contributed by atoms with Gasteiger partial charge in [0.05, 0.1) is 12.6 Å². The van der Waals surface area contributed by atoms with Gasteiger partial charge in [-0.25, -0.2) is 14.6 Å². The summed E-state index contributed by atoms with van der Waals surface area (Å²) in [5.74, 6) is 0.791. The number of nitrogens with zero attached hydrogens (tertiary/aromatic N) is 5. The minimum absolute atomic E-state index is 0.0768. The van der Waals surface area contributed by atoms with Crippen LogP contribution >= 0.6 is 0 Å². The maximum Gasteiger partial charge on any atom is 0.276 e. The molecule has 3 heterocycles. The van der Waals surface area contributed by atoms with Gasteiger partial charge in [0.2, 0.25) is 11.8 Å². The lowest BCUT2D eigenvalue weighted by atomic mass is 9.97. The summed E-state index contributed by atoms with van der Waals surface area (Å²) in [6, 6.07) is 8.66. The van der Waals surface area contributed by atoms with Crippen LogP contribution in [0.4, 0.5) is 0 Å². The molecule has 3 aromatic rings. The van der Waals surface area contributed by atoms with Crippen LogP contribution in [0.15, 0.2) is 41.1 Å². The average Bonchev–Trinajstić information content (AvgIpc) is 3.52. The highest BCUT2D eigenvalue weighted by atomic mass is 16.3. The van der Waals surface area contributed by atoms with E-state index in [-0.39, 0.29) is 35.8 Å². The van der Waals surface area contributed by atoms with Gasteiger partial charge in [-0.1, -0.05) is 50.6 Å². The van der Waals surface area contributed by atoms with Crippen LogP contribution in [-0.2, 0) is 22.6 Å². The van der Waals surface area contributed by atoms with Gasteiger partial charge >= 0.3 is 0 Å². The van der Waals surface area contributed by atoms with E-state index in [0.717, 1.165) is 12.0 Å². The third kappa shape index (κ3) is 6.90. The molecule has 0 radical (unpaired) electrons. The Morgan fingerprint density at radius 2 is 1.90 bits per heavy atom. The maximum absolute atomic E-state index is 13.6. The van der Waals surface area contributed by atoms with Crippen molar-refractivity contribution in [1.29, 1.82) is 0 Å². The lowest BCUT2D eigenvalue weighted by Crippen LogP contribution is -2.51. The molecule has 2 N–H and O–H groups in total. The Kier molecular flexibility index (Phi) is 9.11. The van der Waals surface area contributed by atoms with Gasteiger partial charge in [-0.3, -0.25) is 14.4 Å². The fourth-order valence-corrected chi connectivity index (χ4v) is 4.78. The second kappa shape index (κ2) is 12.7. The van der Waals surface area contributed by atoms with Crippen LogP contribution in [0.5, 0.6) is 0 Å². The molecule has 39 heavy (non-hydrogen) atoms. The van der Waals surface area contributed by atoms with Crippen molar-refractivity contribution in [1.82, 2.24) is 35.3 Å². The first kappa shape index (κ1) is 28.0. The molecule has 1 aliphatic heterocycles. The van der Waals surface area contributed by atoms with E-state index in [9.17, 15) is 14.4 Å². The number of amides is 3. The molecule has 0 bridgehead atoms. The van der Waals surface area contributed by atoms with Crippen LogP contribution in [-0.4, -0.2) is 61.5 Å². The number of hydrogen-bond donors (Lipinski definition) is 2. The SMILES string of the molecule is CC[C@H](C)[C@@H]1NC(=O)CCCN(C(=O)c2ncoc2C)CCn2nc(C)nc2[C@H](Cc2ccccc2)NC1=O.